The first-order valence-electron chi connectivity index (χ1n) is 8.75. The van der Waals surface area contributed by atoms with Crippen LogP contribution in [0.4, 0.5) is 0 Å². The van der Waals surface area contributed by atoms with Crippen molar-refractivity contribution in [3.63, 3.8) is 0 Å². The molecule has 0 unspecified atom stereocenters. The number of hydrogen-bond donors (Lipinski definition) is 1. The molecule has 3 aliphatic rings. The molecule has 0 bridgehead atoms. The van der Waals surface area contributed by atoms with E-state index in [1.807, 2.05) is 0 Å². The van der Waals surface area contributed by atoms with E-state index in [-0.39, 0.29) is 0 Å². The van der Waals surface area contributed by atoms with Crippen LogP contribution < -0.4 is 5.32 Å². The first-order chi connectivity index (χ1) is 9.33. The SMILES string of the molecule is CN(CCNC(C1CC1)C1CC1)CC1CCCCC1. The lowest BCUT2D eigenvalue weighted by atomic mass is 9.89. The second-order valence-electron chi connectivity index (χ2n) is 7.42. The molecule has 19 heavy (non-hydrogen) atoms. The van der Waals surface area contributed by atoms with Gasteiger partial charge in [0.1, 0.15) is 0 Å². The van der Waals surface area contributed by atoms with E-state index in [2.05, 4.69) is 17.3 Å². The van der Waals surface area contributed by atoms with E-state index in [4.69, 9.17) is 0 Å². The molecule has 0 atom stereocenters. The largest absolute Gasteiger partial charge is 0.312 e. The van der Waals surface area contributed by atoms with Gasteiger partial charge in [-0.1, -0.05) is 19.3 Å². The lowest BCUT2D eigenvalue weighted by molar-refractivity contribution is 0.229. The van der Waals surface area contributed by atoms with Gasteiger partial charge < -0.3 is 10.2 Å². The zero-order valence-corrected chi connectivity index (χ0v) is 12.7. The summed E-state index contributed by atoms with van der Waals surface area (Å²) in [5, 5.41) is 3.87. The maximum Gasteiger partial charge on any atom is 0.0124 e. The third-order valence-electron chi connectivity index (χ3n) is 5.43. The highest BCUT2D eigenvalue weighted by molar-refractivity contribution is 4.96. The molecule has 1 N–H and O–H groups in total. The van der Waals surface area contributed by atoms with Crippen LogP contribution in [0, 0.1) is 17.8 Å². The van der Waals surface area contributed by atoms with Crippen molar-refractivity contribution in [1.82, 2.24) is 10.2 Å². The highest BCUT2D eigenvalue weighted by Crippen LogP contribution is 2.44. The Kier molecular flexibility index (Phi) is 4.81. The molecular weight excluding hydrogens is 232 g/mol. The predicted octanol–water partition coefficient (Wildman–Crippen LogP) is 3.28. The Morgan fingerprint density at radius 3 is 2.16 bits per heavy atom. The van der Waals surface area contributed by atoms with Crippen LogP contribution in [0.25, 0.3) is 0 Å². The Bertz CT molecular complexity index is 252. The minimum Gasteiger partial charge on any atom is -0.312 e. The summed E-state index contributed by atoms with van der Waals surface area (Å²) in [5.41, 5.74) is 0. The van der Waals surface area contributed by atoms with E-state index in [9.17, 15) is 0 Å². The van der Waals surface area contributed by atoms with Crippen LogP contribution in [0.1, 0.15) is 57.8 Å². The highest BCUT2D eigenvalue weighted by Gasteiger charge is 2.40. The van der Waals surface area contributed by atoms with Crippen molar-refractivity contribution in [3.05, 3.63) is 0 Å². The molecule has 0 amide bonds. The summed E-state index contributed by atoms with van der Waals surface area (Å²) in [5.74, 6) is 3.06. The molecule has 0 aromatic carbocycles. The van der Waals surface area contributed by atoms with Gasteiger partial charge in [0, 0.05) is 25.7 Å². The summed E-state index contributed by atoms with van der Waals surface area (Å²) < 4.78 is 0. The number of likely N-dealkylation sites (N-methyl/N-ethyl adjacent to an activating group) is 1. The van der Waals surface area contributed by atoms with Crippen LogP contribution in [0.3, 0.4) is 0 Å². The average molecular weight is 264 g/mol. The van der Waals surface area contributed by atoms with Crippen molar-refractivity contribution >= 4 is 0 Å². The van der Waals surface area contributed by atoms with Gasteiger partial charge in [0.15, 0.2) is 0 Å². The molecule has 0 aromatic rings. The van der Waals surface area contributed by atoms with E-state index in [1.165, 1.54) is 77.4 Å². The normalized spacial score (nSPS) is 25.4. The monoisotopic (exact) mass is 264 g/mol. The van der Waals surface area contributed by atoms with E-state index < -0.39 is 0 Å². The van der Waals surface area contributed by atoms with Crippen molar-refractivity contribution in [3.8, 4) is 0 Å². The van der Waals surface area contributed by atoms with Gasteiger partial charge in [0.05, 0.1) is 0 Å². The van der Waals surface area contributed by atoms with Crippen LogP contribution in [0.5, 0.6) is 0 Å². The summed E-state index contributed by atoms with van der Waals surface area (Å²) in [6.45, 7) is 3.78. The summed E-state index contributed by atoms with van der Waals surface area (Å²) in [6, 6.07) is 0.878. The van der Waals surface area contributed by atoms with E-state index >= 15 is 0 Å². The summed E-state index contributed by atoms with van der Waals surface area (Å²) in [4.78, 5) is 2.57. The van der Waals surface area contributed by atoms with Gasteiger partial charge in [0.25, 0.3) is 0 Å². The van der Waals surface area contributed by atoms with E-state index in [1.54, 1.807) is 0 Å². The zero-order valence-electron chi connectivity index (χ0n) is 12.7. The van der Waals surface area contributed by atoms with Gasteiger partial charge >= 0.3 is 0 Å². The van der Waals surface area contributed by atoms with Gasteiger partial charge in [-0.3, -0.25) is 0 Å². The van der Waals surface area contributed by atoms with Gasteiger partial charge in [-0.2, -0.15) is 0 Å². The standard InChI is InChI=1S/C17H32N2/c1-19(13-14-5-3-2-4-6-14)12-11-18-17(15-7-8-15)16-9-10-16/h14-18H,2-13H2,1H3. The zero-order chi connectivity index (χ0) is 13.1. The molecule has 0 heterocycles. The van der Waals surface area contributed by atoms with E-state index in [0.717, 1.165) is 23.8 Å². The van der Waals surface area contributed by atoms with Crippen molar-refractivity contribution < 1.29 is 0 Å². The summed E-state index contributed by atoms with van der Waals surface area (Å²) in [6.07, 6.45) is 13.3. The van der Waals surface area contributed by atoms with Crippen molar-refractivity contribution in [2.75, 3.05) is 26.7 Å². The Morgan fingerprint density at radius 2 is 1.58 bits per heavy atom. The Labute approximate surface area is 119 Å². The molecular formula is C17H32N2. The molecule has 110 valence electrons. The smallest absolute Gasteiger partial charge is 0.0124 e. The Hall–Kier alpha value is -0.0800. The second kappa shape index (κ2) is 6.58. The quantitative estimate of drug-likeness (QED) is 0.724. The lowest BCUT2D eigenvalue weighted by Gasteiger charge is -2.27. The molecule has 0 saturated heterocycles. The minimum atomic E-state index is 0.878. The molecule has 2 heteroatoms. The second-order valence-corrected chi connectivity index (χ2v) is 7.42. The van der Waals surface area contributed by atoms with Crippen molar-refractivity contribution in [2.45, 2.75) is 63.8 Å². The third kappa shape index (κ3) is 4.46. The minimum absolute atomic E-state index is 0.878. The number of nitrogens with zero attached hydrogens (tertiary/aromatic N) is 1. The highest BCUT2D eigenvalue weighted by atomic mass is 15.1. The molecule has 0 aliphatic heterocycles. The summed E-state index contributed by atoms with van der Waals surface area (Å²) in [7, 11) is 2.32. The van der Waals surface area contributed by atoms with Crippen LogP contribution in [-0.2, 0) is 0 Å². The number of rotatable bonds is 8. The van der Waals surface area contributed by atoms with Crippen LogP contribution >= 0.6 is 0 Å². The van der Waals surface area contributed by atoms with Gasteiger partial charge in [0.2, 0.25) is 0 Å². The van der Waals surface area contributed by atoms with Crippen LogP contribution in [0.2, 0.25) is 0 Å². The maximum absolute atomic E-state index is 3.87. The molecule has 3 saturated carbocycles. The van der Waals surface area contributed by atoms with Crippen molar-refractivity contribution in [1.29, 1.82) is 0 Å². The topological polar surface area (TPSA) is 15.3 Å². The molecule has 0 aromatic heterocycles. The molecule has 3 rings (SSSR count). The number of hydrogen-bond acceptors (Lipinski definition) is 2. The van der Waals surface area contributed by atoms with Crippen LogP contribution in [0.15, 0.2) is 0 Å². The molecule has 3 aliphatic carbocycles. The van der Waals surface area contributed by atoms with Gasteiger partial charge in [-0.25, -0.2) is 0 Å². The van der Waals surface area contributed by atoms with Gasteiger partial charge in [-0.05, 0) is 63.3 Å². The Morgan fingerprint density at radius 1 is 0.947 bits per heavy atom. The molecule has 3 fully saturated rings. The summed E-state index contributed by atoms with van der Waals surface area (Å²) >= 11 is 0. The molecule has 2 nitrogen and oxygen atoms in total. The van der Waals surface area contributed by atoms with Gasteiger partial charge in [-0.15, -0.1) is 0 Å². The maximum atomic E-state index is 3.87. The Balaban J connectivity index is 1.30. The fraction of sp³-hybridized carbons (Fsp3) is 1.00. The predicted molar refractivity (Wildman–Crippen MR) is 81.3 cm³/mol. The fourth-order valence-electron chi connectivity index (χ4n) is 3.95. The first-order valence-corrected chi connectivity index (χ1v) is 8.75. The number of nitrogens with one attached hydrogen (secondary N) is 1. The van der Waals surface area contributed by atoms with Crippen molar-refractivity contribution in [2.24, 2.45) is 17.8 Å². The lowest BCUT2D eigenvalue weighted by Crippen LogP contribution is -2.39. The fourth-order valence-corrected chi connectivity index (χ4v) is 3.95. The van der Waals surface area contributed by atoms with Crippen LogP contribution in [-0.4, -0.2) is 37.6 Å². The molecule has 0 spiro atoms. The first kappa shape index (κ1) is 13.9. The third-order valence-corrected chi connectivity index (χ3v) is 5.43. The van der Waals surface area contributed by atoms with E-state index in [0.29, 0.717) is 0 Å². The average Bonchev–Trinajstić information content (AvgIpc) is 3.29. The molecule has 0 radical (unpaired) electrons.